The molecule has 1 aromatic heterocycles. The van der Waals surface area contributed by atoms with Crippen LogP contribution < -0.4 is 0 Å². The van der Waals surface area contributed by atoms with Crippen LogP contribution >= 0.6 is 15.9 Å². The molecule has 1 aromatic carbocycles. The molecule has 1 heterocycles. The van der Waals surface area contributed by atoms with Gasteiger partial charge in [-0.3, -0.25) is 0 Å². The molecular weight excluding hydrogens is 259 g/mol. The van der Waals surface area contributed by atoms with Crippen LogP contribution in [0.5, 0.6) is 0 Å². The Morgan fingerprint density at radius 1 is 1.40 bits per heavy atom. The molecule has 2 rings (SSSR count). The maximum Gasteiger partial charge on any atom is 0.173 e. The molecule has 0 saturated carbocycles. The molecule has 0 atom stereocenters. The van der Waals surface area contributed by atoms with Crippen molar-refractivity contribution >= 4 is 26.9 Å². The Kier molecular flexibility index (Phi) is 2.83. The first kappa shape index (κ1) is 10.7. The lowest BCUT2D eigenvalue weighted by atomic mass is 10.0. The van der Waals surface area contributed by atoms with Crippen LogP contribution in [0.4, 0.5) is 4.39 Å². The third-order valence-corrected chi connectivity index (χ3v) is 2.97. The van der Waals surface area contributed by atoms with Crippen LogP contribution in [0.15, 0.2) is 27.3 Å². The zero-order valence-corrected chi connectivity index (χ0v) is 10.3. The van der Waals surface area contributed by atoms with Gasteiger partial charge < -0.3 is 4.42 Å². The lowest BCUT2D eigenvalue weighted by Crippen LogP contribution is -1.93. The topological polar surface area (TPSA) is 13.1 Å². The summed E-state index contributed by atoms with van der Waals surface area (Å²) in [6.45, 7) is 4.26. The summed E-state index contributed by atoms with van der Waals surface area (Å²) in [4.78, 5) is 0. The van der Waals surface area contributed by atoms with Crippen molar-refractivity contribution in [1.82, 2.24) is 0 Å². The molecule has 0 aliphatic rings. The summed E-state index contributed by atoms with van der Waals surface area (Å²) in [5, 5.41) is 0.871. The summed E-state index contributed by atoms with van der Waals surface area (Å²) in [6.07, 6.45) is 0.886. The van der Waals surface area contributed by atoms with Crippen LogP contribution in [-0.2, 0) is 6.42 Å². The number of benzene rings is 1. The van der Waals surface area contributed by atoms with Gasteiger partial charge in [-0.1, -0.05) is 26.0 Å². The highest BCUT2D eigenvalue weighted by Crippen LogP contribution is 2.33. The fourth-order valence-corrected chi connectivity index (χ4v) is 2.24. The van der Waals surface area contributed by atoms with Gasteiger partial charge >= 0.3 is 0 Å². The Morgan fingerprint density at radius 2 is 2.13 bits per heavy atom. The summed E-state index contributed by atoms with van der Waals surface area (Å²) < 4.78 is 19.4. The quantitative estimate of drug-likeness (QED) is 0.781. The van der Waals surface area contributed by atoms with Crippen LogP contribution in [0.25, 0.3) is 11.0 Å². The Labute approximate surface area is 96.4 Å². The number of fused-ring (bicyclic) bond motifs is 1. The number of furan rings is 1. The molecule has 15 heavy (non-hydrogen) atoms. The molecule has 80 valence electrons. The predicted octanol–water partition coefficient (Wildman–Crippen LogP) is 4.53. The Hall–Kier alpha value is -0.830. The van der Waals surface area contributed by atoms with E-state index in [2.05, 4.69) is 29.8 Å². The van der Waals surface area contributed by atoms with Crippen molar-refractivity contribution in [1.29, 1.82) is 0 Å². The second-order valence-corrected chi connectivity index (χ2v) is 4.79. The van der Waals surface area contributed by atoms with Crippen molar-refractivity contribution < 1.29 is 8.81 Å². The lowest BCUT2D eigenvalue weighted by Gasteiger charge is -2.02. The number of hydrogen-bond acceptors (Lipinski definition) is 1. The highest BCUT2D eigenvalue weighted by atomic mass is 79.9. The van der Waals surface area contributed by atoms with Gasteiger partial charge in [0.15, 0.2) is 16.1 Å². The van der Waals surface area contributed by atoms with Gasteiger partial charge in [-0.15, -0.1) is 0 Å². The first-order chi connectivity index (χ1) is 7.09. The standard InChI is InChI=1S/C12H12BrFO/c1-7(2)6-9-8-4-3-5-10(14)11(8)15-12(9)13/h3-5,7H,6H2,1-2H3. The monoisotopic (exact) mass is 270 g/mol. The minimum atomic E-state index is -0.303. The first-order valence-electron chi connectivity index (χ1n) is 4.95. The summed E-state index contributed by atoms with van der Waals surface area (Å²) >= 11 is 3.34. The zero-order valence-electron chi connectivity index (χ0n) is 8.68. The largest absolute Gasteiger partial charge is 0.446 e. The first-order valence-corrected chi connectivity index (χ1v) is 5.74. The van der Waals surface area contributed by atoms with E-state index in [9.17, 15) is 4.39 Å². The summed E-state index contributed by atoms with van der Waals surface area (Å²) in [7, 11) is 0. The van der Waals surface area contributed by atoms with Crippen molar-refractivity contribution in [2.24, 2.45) is 5.92 Å². The fourth-order valence-electron chi connectivity index (χ4n) is 1.71. The van der Waals surface area contributed by atoms with Gasteiger partial charge in [-0.2, -0.15) is 0 Å². The van der Waals surface area contributed by atoms with Gasteiger partial charge in [-0.25, -0.2) is 4.39 Å². The van der Waals surface area contributed by atoms with Gasteiger partial charge in [0.05, 0.1) is 0 Å². The number of rotatable bonds is 2. The van der Waals surface area contributed by atoms with E-state index < -0.39 is 0 Å². The van der Waals surface area contributed by atoms with Crippen LogP contribution in [-0.4, -0.2) is 0 Å². The summed E-state index contributed by atoms with van der Waals surface area (Å²) in [5.41, 5.74) is 1.40. The van der Waals surface area contributed by atoms with E-state index >= 15 is 0 Å². The molecule has 0 fully saturated rings. The van der Waals surface area contributed by atoms with E-state index in [1.807, 2.05) is 6.07 Å². The van der Waals surface area contributed by atoms with Crippen LogP contribution in [0.3, 0.4) is 0 Å². The van der Waals surface area contributed by atoms with E-state index in [0.29, 0.717) is 16.2 Å². The zero-order chi connectivity index (χ0) is 11.0. The Bertz CT molecular complexity index is 488. The molecule has 1 nitrogen and oxygen atoms in total. The minimum Gasteiger partial charge on any atom is -0.446 e. The van der Waals surface area contributed by atoms with Crippen molar-refractivity contribution in [3.8, 4) is 0 Å². The molecule has 0 radical (unpaired) electrons. The second kappa shape index (κ2) is 3.97. The van der Waals surface area contributed by atoms with Crippen molar-refractivity contribution in [2.45, 2.75) is 20.3 Å². The molecule has 0 spiro atoms. The number of halogens is 2. The second-order valence-electron chi connectivity index (χ2n) is 4.07. The fraction of sp³-hybridized carbons (Fsp3) is 0.333. The van der Waals surface area contributed by atoms with Gasteiger partial charge in [-0.05, 0) is 34.3 Å². The predicted molar refractivity (Wildman–Crippen MR) is 62.4 cm³/mol. The molecule has 0 bridgehead atoms. The van der Waals surface area contributed by atoms with E-state index in [1.54, 1.807) is 6.07 Å². The number of para-hydroxylation sites is 1. The SMILES string of the molecule is CC(C)Cc1c(Br)oc2c(F)cccc12. The Morgan fingerprint density at radius 3 is 2.80 bits per heavy atom. The maximum atomic E-state index is 13.4. The molecular formula is C12H12BrFO. The lowest BCUT2D eigenvalue weighted by molar-refractivity contribution is 0.535. The van der Waals surface area contributed by atoms with Crippen LogP contribution in [0.2, 0.25) is 0 Å². The van der Waals surface area contributed by atoms with Crippen molar-refractivity contribution in [3.05, 3.63) is 34.2 Å². The van der Waals surface area contributed by atoms with Crippen molar-refractivity contribution in [3.63, 3.8) is 0 Å². The summed E-state index contributed by atoms with van der Waals surface area (Å²) in [5.74, 6) is 0.216. The van der Waals surface area contributed by atoms with E-state index in [4.69, 9.17) is 4.42 Å². The minimum absolute atomic E-state index is 0.303. The third-order valence-electron chi connectivity index (χ3n) is 2.33. The molecule has 0 aliphatic heterocycles. The van der Waals surface area contributed by atoms with Gasteiger partial charge in [0.25, 0.3) is 0 Å². The molecule has 0 aliphatic carbocycles. The summed E-state index contributed by atoms with van der Waals surface area (Å²) in [6, 6.07) is 5.02. The smallest absolute Gasteiger partial charge is 0.173 e. The normalized spacial score (nSPS) is 11.5. The average Bonchev–Trinajstić information content (AvgIpc) is 2.45. The third kappa shape index (κ3) is 1.93. The molecule has 0 amide bonds. The number of hydrogen-bond donors (Lipinski definition) is 0. The molecule has 3 heteroatoms. The Balaban J connectivity index is 2.63. The van der Waals surface area contributed by atoms with Gasteiger partial charge in [0, 0.05) is 10.9 Å². The molecule has 0 saturated heterocycles. The van der Waals surface area contributed by atoms with E-state index in [0.717, 1.165) is 17.4 Å². The van der Waals surface area contributed by atoms with Crippen LogP contribution in [0, 0.1) is 11.7 Å². The molecule has 2 aromatic rings. The highest BCUT2D eigenvalue weighted by Gasteiger charge is 2.15. The van der Waals surface area contributed by atoms with Gasteiger partial charge in [0.1, 0.15) is 0 Å². The van der Waals surface area contributed by atoms with E-state index in [1.165, 1.54) is 6.07 Å². The molecule has 0 N–H and O–H groups in total. The van der Waals surface area contributed by atoms with E-state index in [-0.39, 0.29) is 5.82 Å². The highest BCUT2D eigenvalue weighted by molar-refractivity contribution is 9.10. The average molecular weight is 271 g/mol. The van der Waals surface area contributed by atoms with Crippen molar-refractivity contribution in [2.75, 3.05) is 0 Å². The van der Waals surface area contributed by atoms with Crippen LogP contribution in [0.1, 0.15) is 19.4 Å². The molecule has 0 unspecified atom stereocenters. The maximum absolute atomic E-state index is 13.4. The van der Waals surface area contributed by atoms with Gasteiger partial charge in [0.2, 0.25) is 0 Å².